The average molecular weight is 348 g/mol. The fraction of sp³-hybridized carbons (Fsp3) is 0.588. The zero-order chi connectivity index (χ0) is 16.9. The van der Waals surface area contributed by atoms with Crippen LogP contribution in [0.4, 0.5) is 0 Å². The van der Waals surface area contributed by atoms with Gasteiger partial charge in [-0.1, -0.05) is 24.3 Å². The molecule has 4 aliphatic rings. The van der Waals surface area contributed by atoms with Gasteiger partial charge in [0.1, 0.15) is 0 Å². The maximum absolute atomic E-state index is 12.0. The summed E-state index contributed by atoms with van der Waals surface area (Å²) in [5.74, 6) is 5.61. The molecular formula is C17H20N2O4S. The largest absolute Gasteiger partial charge is 0.449 e. The smallest absolute Gasteiger partial charge is 0.332 e. The van der Waals surface area contributed by atoms with Gasteiger partial charge in [0.25, 0.3) is 0 Å². The van der Waals surface area contributed by atoms with Crippen molar-refractivity contribution in [2.75, 3.05) is 19.3 Å². The molecule has 2 fully saturated rings. The van der Waals surface area contributed by atoms with Crippen LogP contribution in [-0.4, -0.2) is 56.3 Å². The lowest BCUT2D eigenvalue weighted by molar-refractivity contribution is -0.148. The summed E-state index contributed by atoms with van der Waals surface area (Å²) in [5.41, 5.74) is 1.14. The maximum atomic E-state index is 12.0. The molecule has 24 heavy (non-hydrogen) atoms. The Hall–Kier alpha value is -1.62. The summed E-state index contributed by atoms with van der Waals surface area (Å²) in [7, 11) is -3.25. The van der Waals surface area contributed by atoms with Crippen molar-refractivity contribution in [2.24, 2.45) is 0 Å². The third kappa shape index (κ3) is 2.50. The Balaban J connectivity index is 1.65. The van der Waals surface area contributed by atoms with E-state index in [1.54, 1.807) is 6.08 Å². The topological polar surface area (TPSA) is 75.7 Å². The van der Waals surface area contributed by atoms with Gasteiger partial charge >= 0.3 is 5.97 Å². The van der Waals surface area contributed by atoms with Crippen LogP contribution in [0.25, 0.3) is 0 Å². The van der Waals surface area contributed by atoms with E-state index in [1.807, 2.05) is 0 Å². The summed E-state index contributed by atoms with van der Waals surface area (Å²) in [4.78, 5) is 14.4. The van der Waals surface area contributed by atoms with E-state index < -0.39 is 15.6 Å². The van der Waals surface area contributed by atoms with Crippen LogP contribution in [0.5, 0.6) is 0 Å². The highest BCUT2D eigenvalue weighted by atomic mass is 32.2. The summed E-state index contributed by atoms with van der Waals surface area (Å²) in [6.45, 7) is 1.08. The third-order valence-corrected chi connectivity index (χ3v) is 5.99. The van der Waals surface area contributed by atoms with Crippen LogP contribution < -0.4 is 4.72 Å². The fourth-order valence-corrected chi connectivity index (χ4v) is 4.81. The van der Waals surface area contributed by atoms with Gasteiger partial charge < -0.3 is 4.74 Å². The van der Waals surface area contributed by atoms with Gasteiger partial charge in [0, 0.05) is 29.7 Å². The van der Waals surface area contributed by atoms with E-state index in [2.05, 4.69) is 27.5 Å². The monoisotopic (exact) mass is 348 g/mol. The van der Waals surface area contributed by atoms with Crippen LogP contribution in [0.3, 0.4) is 0 Å². The molecule has 128 valence electrons. The summed E-state index contributed by atoms with van der Waals surface area (Å²) >= 11 is 0. The summed E-state index contributed by atoms with van der Waals surface area (Å²) in [5, 5.41) is 0. The molecule has 1 N–H and O–H groups in total. The quantitative estimate of drug-likeness (QED) is 0.575. The van der Waals surface area contributed by atoms with Crippen molar-refractivity contribution in [3.8, 4) is 11.8 Å². The van der Waals surface area contributed by atoms with Crippen molar-refractivity contribution >= 4 is 16.0 Å². The van der Waals surface area contributed by atoms with E-state index in [0.29, 0.717) is 0 Å². The number of piperidine rings is 1. The number of fused-ring (bicyclic) bond motifs is 3. The van der Waals surface area contributed by atoms with Gasteiger partial charge in [-0.25, -0.2) is 17.9 Å². The molecule has 1 spiro atoms. The molecule has 0 aromatic rings. The normalized spacial score (nSPS) is 34.5. The lowest BCUT2D eigenvalue weighted by Crippen LogP contribution is -2.48. The Kier molecular flexibility index (Phi) is 3.60. The number of rotatable bonds is 2. The number of sulfonamides is 1. The number of hydrogen-bond acceptors (Lipinski definition) is 5. The second-order valence-corrected chi connectivity index (χ2v) is 8.70. The molecule has 0 radical (unpaired) electrons. The molecule has 2 bridgehead atoms. The van der Waals surface area contributed by atoms with E-state index in [-0.39, 0.29) is 24.6 Å². The first-order valence-electron chi connectivity index (χ1n) is 8.26. The van der Waals surface area contributed by atoms with Gasteiger partial charge in [0.2, 0.25) is 10.0 Å². The van der Waals surface area contributed by atoms with Gasteiger partial charge in [-0.05, 0) is 19.4 Å². The van der Waals surface area contributed by atoms with Gasteiger partial charge in [0.15, 0.2) is 5.60 Å². The number of nitrogens with one attached hydrogen (secondary N) is 1. The van der Waals surface area contributed by atoms with Crippen molar-refractivity contribution in [3.63, 3.8) is 0 Å². The van der Waals surface area contributed by atoms with Gasteiger partial charge in [-0.3, -0.25) is 4.90 Å². The highest BCUT2D eigenvalue weighted by Gasteiger charge is 2.61. The molecule has 2 saturated heterocycles. The summed E-state index contributed by atoms with van der Waals surface area (Å²) in [6.07, 6.45) is 8.95. The molecule has 3 atom stereocenters. The molecule has 6 nitrogen and oxygen atoms in total. The van der Waals surface area contributed by atoms with Crippen LogP contribution in [-0.2, 0) is 19.6 Å². The molecule has 4 rings (SSSR count). The number of nitrogens with zero attached hydrogens (tertiary/aromatic N) is 1. The number of carbonyl (C=O) groups is 1. The van der Waals surface area contributed by atoms with Crippen LogP contribution >= 0.6 is 0 Å². The zero-order valence-corrected chi connectivity index (χ0v) is 14.4. The fourth-order valence-electron chi connectivity index (χ4n) is 4.48. The standard InChI is InChI=1S/C17H20N2O4S/c1-24(21,22)18-7-4-5-12-9-13-11-17(14(12)10-16(20)23-17)15-6-2-3-8-19(13)15/h9-10,13,15,18H,2-3,6-8,11H2,1H3. The summed E-state index contributed by atoms with van der Waals surface area (Å²) in [6, 6.07) is 0.476. The van der Waals surface area contributed by atoms with Crippen molar-refractivity contribution < 1.29 is 17.9 Å². The van der Waals surface area contributed by atoms with Crippen LogP contribution in [0, 0.1) is 11.8 Å². The van der Waals surface area contributed by atoms with Crippen molar-refractivity contribution in [1.29, 1.82) is 0 Å². The maximum Gasteiger partial charge on any atom is 0.332 e. The number of ether oxygens (including phenoxy) is 1. The van der Waals surface area contributed by atoms with E-state index in [9.17, 15) is 13.2 Å². The second-order valence-electron chi connectivity index (χ2n) is 6.86. The first-order valence-corrected chi connectivity index (χ1v) is 10.1. The van der Waals surface area contributed by atoms with E-state index >= 15 is 0 Å². The second kappa shape index (κ2) is 5.45. The molecule has 0 aromatic carbocycles. The van der Waals surface area contributed by atoms with Crippen LogP contribution in [0.15, 0.2) is 23.3 Å². The molecule has 3 aliphatic heterocycles. The molecule has 7 heteroatoms. The van der Waals surface area contributed by atoms with Crippen molar-refractivity contribution in [3.05, 3.63) is 23.3 Å². The Morgan fingerprint density at radius 2 is 2.29 bits per heavy atom. The molecule has 3 unspecified atom stereocenters. The predicted octanol–water partition coefficient (Wildman–Crippen LogP) is 0.328. The Morgan fingerprint density at radius 1 is 1.46 bits per heavy atom. The lowest BCUT2D eigenvalue weighted by Gasteiger charge is -2.38. The minimum absolute atomic E-state index is 0.0586. The molecule has 0 saturated carbocycles. The van der Waals surface area contributed by atoms with Crippen LogP contribution in [0.2, 0.25) is 0 Å². The number of hydrogen-bond donors (Lipinski definition) is 1. The Bertz CT molecular complexity index is 817. The van der Waals surface area contributed by atoms with Crippen molar-refractivity contribution in [2.45, 2.75) is 43.4 Å². The van der Waals surface area contributed by atoms with Crippen molar-refractivity contribution in [1.82, 2.24) is 9.62 Å². The van der Waals surface area contributed by atoms with Crippen LogP contribution in [0.1, 0.15) is 25.7 Å². The first-order chi connectivity index (χ1) is 11.4. The van der Waals surface area contributed by atoms with E-state index in [0.717, 1.165) is 43.2 Å². The number of carbonyl (C=O) groups excluding carboxylic acids is 1. The number of esters is 1. The molecule has 3 heterocycles. The highest BCUT2D eigenvalue weighted by molar-refractivity contribution is 7.88. The summed E-state index contributed by atoms with van der Waals surface area (Å²) < 4.78 is 30.4. The average Bonchev–Trinajstić information content (AvgIpc) is 2.99. The molecule has 0 amide bonds. The third-order valence-electron chi connectivity index (χ3n) is 5.32. The first kappa shape index (κ1) is 15.9. The predicted molar refractivity (Wildman–Crippen MR) is 88.4 cm³/mol. The lowest BCUT2D eigenvalue weighted by atomic mass is 9.77. The Morgan fingerprint density at radius 3 is 3.08 bits per heavy atom. The van der Waals surface area contributed by atoms with Gasteiger partial charge in [-0.2, -0.15) is 0 Å². The Labute approximate surface area is 142 Å². The SMILES string of the molecule is CS(=O)(=O)NCC#CC1=CC2CC3(OC(=O)C=C13)C1CCCCN21. The van der Waals surface area contributed by atoms with E-state index in [4.69, 9.17) is 4.74 Å². The van der Waals surface area contributed by atoms with Gasteiger partial charge in [0.05, 0.1) is 18.8 Å². The highest BCUT2D eigenvalue weighted by Crippen LogP contribution is 2.53. The molecular weight excluding hydrogens is 328 g/mol. The zero-order valence-electron chi connectivity index (χ0n) is 13.5. The minimum Gasteiger partial charge on any atom is -0.449 e. The van der Waals surface area contributed by atoms with E-state index in [1.165, 1.54) is 6.42 Å². The minimum atomic E-state index is -3.25. The molecule has 0 aromatic heterocycles. The molecule has 1 aliphatic carbocycles. The van der Waals surface area contributed by atoms with Gasteiger partial charge in [-0.15, -0.1) is 0 Å².